The number of anilines is 1. The highest BCUT2D eigenvalue weighted by Crippen LogP contribution is 2.34. The fourth-order valence-corrected chi connectivity index (χ4v) is 2.66. The fourth-order valence-electron chi connectivity index (χ4n) is 2.66. The highest BCUT2D eigenvalue weighted by molar-refractivity contribution is 5.68. The van der Waals surface area contributed by atoms with Gasteiger partial charge in [-0.05, 0) is 31.4 Å². The van der Waals surface area contributed by atoms with Crippen LogP contribution in [0.4, 0.5) is 5.82 Å². The van der Waals surface area contributed by atoms with Crippen LogP contribution in [0, 0.1) is 0 Å². The highest BCUT2D eigenvalue weighted by Gasteiger charge is 2.20. The number of benzene rings is 1. The van der Waals surface area contributed by atoms with Gasteiger partial charge in [-0.1, -0.05) is 0 Å². The van der Waals surface area contributed by atoms with Gasteiger partial charge in [-0.25, -0.2) is 15.8 Å². The standard InChI is InChI=1S/C15H18N4O2/c1-20-9-6-7-11(13(8-9)21-2)14-17-12-5-3-4-10(12)15(18-14)19-16/h6-8H,3-5,16H2,1-2H3,(H,17,18,19). The fraction of sp³-hybridized carbons (Fsp3) is 0.333. The molecule has 1 aliphatic carbocycles. The van der Waals surface area contributed by atoms with Crippen molar-refractivity contribution < 1.29 is 9.47 Å². The van der Waals surface area contributed by atoms with Crippen LogP contribution in [-0.4, -0.2) is 24.2 Å². The van der Waals surface area contributed by atoms with Crippen LogP contribution in [0.25, 0.3) is 11.4 Å². The number of aromatic nitrogens is 2. The monoisotopic (exact) mass is 286 g/mol. The van der Waals surface area contributed by atoms with Crippen molar-refractivity contribution in [2.45, 2.75) is 19.3 Å². The maximum Gasteiger partial charge on any atom is 0.165 e. The molecule has 1 aromatic heterocycles. The molecule has 0 fully saturated rings. The predicted molar refractivity (Wildman–Crippen MR) is 80.4 cm³/mol. The van der Waals surface area contributed by atoms with E-state index in [-0.39, 0.29) is 0 Å². The molecule has 2 aromatic rings. The van der Waals surface area contributed by atoms with Gasteiger partial charge in [-0.2, -0.15) is 0 Å². The average Bonchev–Trinajstić information content (AvgIpc) is 3.01. The molecule has 0 atom stereocenters. The summed E-state index contributed by atoms with van der Waals surface area (Å²) in [5, 5.41) is 0. The molecule has 0 saturated heterocycles. The highest BCUT2D eigenvalue weighted by atomic mass is 16.5. The predicted octanol–water partition coefficient (Wildman–Crippen LogP) is 1.94. The van der Waals surface area contributed by atoms with Crippen LogP contribution in [0.1, 0.15) is 17.7 Å². The minimum Gasteiger partial charge on any atom is -0.497 e. The molecule has 21 heavy (non-hydrogen) atoms. The average molecular weight is 286 g/mol. The first-order valence-electron chi connectivity index (χ1n) is 6.85. The van der Waals surface area contributed by atoms with Gasteiger partial charge in [0.25, 0.3) is 0 Å². The topological polar surface area (TPSA) is 82.3 Å². The van der Waals surface area contributed by atoms with E-state index in [1.54, 1.807) is 14.2 Å². The van der Waals surface area contributed by atoms with Crippen molar-refractivity contribution in [3.8, 4) is 22.9 Å². The van der Waals surface area contributed by atoms with E-state index < -0.39 is 0 Å². The summed E-state index contributed by atoms with van der Waals surface area (Å²) < 4.78 is 10.6. The summed E-state index contributed by atoms with van der Waals surface area (Å²) >= 11 is 0. The Kier molecular flexibility index (Phi) is 3.62. The molecule has 0 radical (unpaired) electrons. The maximum atomic E-state index is 5.59. The van der Waals surface area contributed by atoms with Crippen LogP contribution in [0.2, 0.25) is 0 Å². The number of nitrogens with one attached hydrogen (secondary N) is 1. The number of hydrogen-bond donors (Lipinski definition) is 2. The molecule has 1 aliphatic rings. The lowest BCUT2D eigenvalue weighted by molar-refractivity contribution is 0.395. The first-order chi connectivity index (χ1) is 10.3. The first kappa shape index (κ1) is 13.6. The Morgan fingerprint density at radius 2 is 2.00 bits per heavy atom. The van der Waals surface area contributed by atoms with Gasteiger partial charge in [0.1, 0.15) is 17.3 Å². The van der Waals surface area contributed by atoms with Gasteiger partial charge in [0.05, 0.1) is 19.8 Å². The van der Waals surface area contributed by atoms with E-state index in [0.717, 1.165) is 41.8 Å². The second-order valence-corrected chi connectivity index (χ2v) is 4.89. The molecule has 3 rings (SSSR count). The Morgan fingerprint density at radius 3 is 2.71 bits per heavy atom. The van der Waals surface area contributed by atoms with Gasteiger partial charge >= 0.3 is 0 Å². The Labute approximate surface area is 123 Å². The number of nitrogens with two attached hydrogens (primary N) is 1. The number of methoxy groups -OCH3 is 2. The third-order valence-electron chi connectivity index (χ3n) is 3.72. The number of fused-ring (bicyclic) bond motifs is 1. The number of aryl methyl sites for hydroxylation is 1. The zero-order valence-corrected chi connectivity index (χ0v) is 12.1. The van der Waals surface area contributed by atoms with Crippen LogP contribution >= 0.6 is 0 Å². The lowest BCUT2D eigenvalue weighted by atomic mass is 10.1. The number of nitrogen functional groups attached to an aromatic ring is 1. The largest absolute Gasteiger partial charge is 0.497 e. The van der Waals surface area contributed by atoms with Gasteiger partial charge in [0.15, 0.2) is 5.82 Å². The summed E-state index contributed by atoms with van der Waals surface area (Å²) in [5.41, 5.74) is 5.68. The zero-order chi connectivity index (χ0) is 14.8. The SMILES string of the molecule is COc1ccc(-c2nc3c(c(NN)n2)CCC3)c(OC)c1. The van der Waals surface area contributed by atoms with E-state index in [1.807, 2.05) is 18.2 Å². The molecular weight excluding hydrogens is 268 g/mol. The lowest BCUT2D eigenvalue weighted by Crippen LogP contribution is -2.13. The molecule has 0 bridgehead atoms. The van der Waals surface area contributed by atoms with Gasteiger partial charge in [0.2, 0.25) is 0 Å². The molecule has 6 heteroatoms. The number of hydrogen-bond acceptors (Lipinski definition) is 6. The molecule has 0 unspecified atom stereocenters. The summed E-state index contributed by atoms with van der Waals surface area (Å²) in [6, 6.07) is 5.58. The molecule has 0 saturated carbocycles. The van der Waals surface area contributed by atoms with E-state index in [1.165, 1.54) is 0 Å². The van der Waals surface area contributed by atoms with Crippen LogP contribution in [0.15, 0.2) is 18.2 Å². The van der Waals surface area contributed by atoms with Crippen molar-refractivity contribution in [3.63, 3.8) is 0 Å². The van der Waals surface area contributed by atoms with Crippen LogP contribution < -0.4 is 20.7 Å². The second-order valence-electron chi connectivity index (χ2n) is 4.89. The second kappa shape index (κ2) is 5.57. The van der Waals surface area contributed by atoms with Gasteiger partial charge in [-0.15, -0.1) is 0 Å². The molecule has 0 aliphatic heterocycles. The third-order valence-corrected chi connectivity index (χ3v) is 3.72. The van der Waals surface area contributed by atoms with Crippen molar-refractivity contribution in [2.24, 2.45) is 5.84 Å². The number of rotatable bonds is 4. The lowest BCUT2D eigenvalue weighted by Gasteiger charge is -2.12. The summed E-state index contributed by atoms with van der Waals surface area (Å²) in [5.74, 6) is 8.31. The smallest absolute Gasteiger partial charge is 0.165 e. The van der Waals surface area contributed by atoms with Crippen LogP contribution in [0.5, 0.6) is 11.5 Å². The van der Waals surface area contributed by atoms with E-state index in [4.69, 9.17) is 15.3 Å². The van der Waals surface area contributed by atoms with Crippen molar-refractivity contribution in [3.05, 3.63) is 29.5 Å². The first-order valence-corrected chi connectivity index (χ1v) is 6.85. The van der Waals surface area contributed by atoms with E-state index in [0.29, 0.717) is 17.4 Å². The van der Waals surface area contributed by atoms with Crippen LogP contribution in [0.3, 0.4) is 0 Å². The van der Waals surface area contributed by atoms with Gasteiger partial charge in [0, 0.05) is 17.3 Å². The molecule has 1 aromatic carbocycles. The third kappa shape index (κ3) is 2.38. The molecule has 3 N–H and O–H groups in total. The maximum absolute atomic E-state index is 5.59. The van der Waals surface area contributed by atoms with E-state index in [9.17, 15) is 0 Å². The Bertz CT molecular complexity index is 673. The Hall–Kier alpha value is -2.34. The van der Waals surface area contributed by atoms with Crippen LogP contribution in [-0.2, 0) is 12.8 Å². The van der Waals surface area contributed by atoms with Crippen molar-refractivity contribution in [1.29, 1.82) is 0 Å². The number of ether oxygens (including phenoxy) is 2. The van der Waals surface area contributed by atoms with Gasteiger partial charge < -0.3 is 14.9 Å². The Morgan fingerprint density at radius 1 is 1.14 bits per heavy atom. The quantitative estimate of drug-likeness (QED) is 0.660. The molecule has 0 spiro atoms. The minimum atomic E-state index is 0.614. The summed E-state index contributed by atoms with van der Waals surface area (Å²) in [4.78, 5) is 9.20. The molecule has 1 heterocycles. The molecule has 110 valence electrons. The Balaban J connectivity index is 2.12. The van der Waals surface area contributed by atoms with E-state index in [2.05, 4.69) is 15.4 Å². The molecular formula is C15H18N4O2. The number of hydrazine groups is 1. The van der Waals surface area contributed by atoms with Gasteiger partial charge in [-0.3, -0.25) is 0 Å². The molecule has 0 amide bonds. The summed E-state index contributed by atoms with van der Waals surface area (Å²) in [6.45, 7) is 0. The minimum absolute atomic E-state index is 0.614. The summed E-state index contributed by atoms with van der Waals surface area (Å²) in [7, 11) is 3.24. The van der Waals surface area contributed by atoms with Crippen molar-refractivity contribution >= 4 is 5.82 Å². The normalized spacial score (nSPS) is 12.9. The van der Waals surface area contributed by atoms with Crippen molar-refractivity contribution in [2.75, 3.05) is 19.6 Å². The summed E-state index contributed by atoms with van der Waals surface area (Å²) in [6.07, 6.45) is 3.01. The molecule has 6 nitrogen and oxygen atoms in total. The number of nitrogens with zero attached hydrogens (tertiary/aromatic N) is 2. The van der Waals surface area contributed by atoms with Crippen molar-refractivity contribution in [1.82, 2.24) is 9.97 Å². The van der Waals surface area contributed by atoms with E-state index >= 15 is 0 Å². The zero-order valence-electron chi connectivity index (χ0n) is 12.1.